The van der Waals surface area contributed by atoms with Gasteiger partial charge in [-0.05, 0) is 17.9 Å². The van der Waals surface area contributed by atoms with E-state index >= 15 is 0 Å². The zero-order valence-electron chi connectivity index (χ0n) is 10.5. The maximum absolute atomic E-state index is 5.66. The molecule has 0 unspecified atom stereocenters. The van der Waals surface area contributed by atoms with Gasteiger partial charge in [-0.1, -0.05) is 35.6 Å². The van der Waals surface area contributed by atoms with E-state index in [0.29, 0.717) is 17.9 Å². The Morgan fingerprint density at radius 1 is 1.25 bits per heavy atom. The number of hydrogen-bond donors (Lipinski definition) is 1. The number of benzene rings is 1. The average molecular weight is 415 g/mol. The molecule has 1 aromatic carbocycles. The van der Waals surface area contributed by atoms with Crippen molar-refractivity contribution in [3.8, 4) is 0 Å². The summed E-state index contributed by atoms with van der Waals surface area (Å²) in [5.41, 5.74) is 8.31. The topological polar surface area (TPSA) is 26.0 Å². The Kier molecular flexibility index (Phi) is 7.68. The van der Waals surface area contributed by atoms with E-state index in [1.165, 1.54) is 10.9 Å². The summed E-state index contributed by atoms with van der Waals surface area (Å²) in [5.74, 6) is 0. The van der Waals surface area contributed by atoms with Gasteiger partial charge in [0.15, 0.2) is 0 Å². The third kappa shape index (κ3) is 4.26. The second-order valence-electron chi connectivity index (χ2n) is 4.38. The third-order valence-electron chi connectivity index (χ3n) is 2.48. The average Bonchev–Trinajstić information content (AvgIpc) is 2.17. The Morgan fingerprint density at radius 3 is 2.25 bits per heavy atom. The molecular weight excluding hydrogens is 393 g/mol. The summed E-state index contributed by atoms with van der Waals surface area (Å²) in [7, 11) is -0.107. The van der Waals surface area contributed by atoms with Crippen molar-refractivity contribution in [3.63, 3.8) is 0 Å². The minimum atomic E-state index is -0.107. The Hall–Kier alpha value is 0.259. The largest absolute Gasteiger partial charge is 0.328 e. The fraction of sp³-hybridized carbons (Fsp3) is 0.538. The second kappa shape index (κ2) is 7.56. The molecule has 0 atom stereocenters. The van der Waals surface area contributed by atoms with Crippen LogP contribution in [0.1, 0.15) is 33.3 Å². The normalized spacial score (nSPS) is 11.0. The van der Waals surface area contributed by atoms with E-state index in [-0.39, 0.29) is 28.0 Å². The molecular formula is C13H21IrNP-. The molecule has 0 spiro atoms. The van der Waals surface area contributed by atoms with E-state index in [0.717, 1.165) is 0 Å². The van der Waals surface area contributed by atoms with E-state index < -0.39 is 0 Å². The molecule has 1 radical (unpaired) electrons. The molecule has 0 aliphatic carbocycles. The SMILES string of the molecule is CC(C)P(c1[c-]ccc(CN)c1)C(C)C.[Ir]. The molecule has 0 aromatic heterocycles. The van der Waals surface area contributed by atoms with Gasteiger partial charge in [0, 0.05) is 20.1 Å². The van der Waals surface area contributed by atoms with Gasteiger partial charge >= 0.3 is 0 Å². The molecule has 0 aliphatic rings. The summed E-state index contributed by atoms with van der Waals surface area (Å²) >= 11 is 0. The molecule has 0 bridgehead atoms. The Balaban J connectivity index is 0.00000225. The molecule has 0 heterocycles. The third-order valence-corrected chi connectivity index (χ3v) is 5.52. The van der Waals surface area contributed by atoms with Gasteiger partial charge in [0.1, 0.15) is 0 Å². The van der Waals surface area contributed by atoms with Gasteiger partial charge in [-0.25, -0.2) is 0 Å². The van der Waals surface area contributed by atoms with Crippen molar-refractivity contribution in [2.45, 2.75) is 45.6 Å². The first-order chi connectivity index (χ1) is 7.06. The summed E-state index contributed by atoms with van der Waals surface area (Å²) in [6.45, 7) is 9.83. The summed E-state index contributed by atoms with van der Waals surface area (Å²) in [5, 5.41) is 1.37. The minimum Gasteiger partial charge on any atom is -0.328 e. The van der Waals surface area contributed by atoms with Crippen LogP contribution < -0.4 is 11.0 Å². The van der Waals surface area contributed by atoms with Crippen LogP contribution in [0.5, 0.6) is 0 Å². The molecule has 0 saturated heterocycles. The van der Waals surface area contributed by atoms with Crippen molar-refractivity contribution < 1.29 is 20.1 Å². The van der Waals surface area contributed by atoms with Crippen LogP contribution in [0.4, 0.5) is 0 Å². The molecule has 0 amide bonds. The van der Waals surface area contributed by atoms with Crippen LogP contribution in [0.15, 0.2) is 18.2 Å². The number of nitrogens with two attached hydrogens (primary N) is 1. The van der Waals surface area contributed by atoms with E-state index in [2.05, 4.69) is 45.9 Å². The number of rotatable bonds is 4. The van der Waals surface area contributed by atoms with Crippen LogP contribution in [-0.4, -0.2) is 11.3 Å². The zero-order valence-corrected chi connectivity index (χ0v) is 13.7. The Morgan fingerprint density at radius 2 is 1.81 bits per heavy atom. The van der Waals surface area contributed by atoms with Crippen LogP contribution >= 0.6 is 7.92 Å². The van der Waals surface area contributed by atoms with Gasteiger partial charge in [0.2, 0.25) is 0 Å². The van der Waals surface area contributed by atoms with Crippen molar-refractivity contribution in [2.75, 3.05) is 0 Å². The van der Waals surface area contributed by atoms with Crippen molar-refractivity contribution in [1.29, 1.82) is 0 Å². The second-order valence-corrected chi connectivity index (χ2v) is 7.74. The summed E-state index contributed by atoms with van der Waals surface area (Å²) in [6, 6.07) is 9.67. The summed E-state index contributed by atoms with van der Waals surface area (Å²) < 4.78 is 0. The Labute approximate surface area is 114 Å². The quantitative estimate of drug-likeness (QED) is 0.595. The molecule has 3 heteroatoms. The van der Waals surface area contributed by atoms with Crippen molar-refractivity contribution in [1.82, 2.24) is 0 Å². The fourth-order valence-electron chi connectivity index (χ4n) is 1.93. The van der Waals surface area contributed by atoms with Gasteiger partial charge in [-0.3, -0.25) is 0 Å². The van der Waals surface area contributed by atoms with Crippen molar-refractivity contribution in [2.24, 2.45) is 5.73 Å². The first kappa shape index (κ1) is 16.3. The molecule has 1 aromatic rings. The summed E-state index contributed by atoms with van der Waals surface area (Å²) in [6.07, 6.45) is 0. The zero-order chi connectivity index (χ0) is 11.4. The summed E-state index contributed by atoms with van der Waals surface area (Å²) in [4.78, 5) is 0. The molecule has 93 valence electrons. The molecule has 2 N–H and O–H groups in total. The molecule has 0 fully saturated rings. The molecule has 16 heavy (non-hydrogen) atoms. The van der Waals surface area contributed by atoms with E-state index in [4.69, 9.17) is 5.73 Å². The maximum Gasteiger partial charge on any atom is 0 e. The maximum atomic E-state index is 5.66. The van der Waals surface area contributed by atoms with Gasteiger partial charge in [-0.2, -0.15) is 24.3 Å². The van der Waals surface area contributed by atoms with Crippen LogP contribution in [-0.2, 0) is 26.7 Å². The number of hydrogen-bond acceptors (Lipinski definition) is 1. The molecule has 1 nitrogen and oxygen atoms in total. The van der Waals surface area contributed by atoms with Gasteiger partial charge in [-0.15, -0.1) is 10.9 Å². The van der Waals surface area contributed by atoms with Gasteiger partial charge in [0.25, 0.3) is 0 Å². The van der Waals surface area contributed by atoms with E-state index in [1.54, 1.807) is 0 Å². The van der Waals surface area contributed by atoms with Crippen molar-refractivity contribution >= 4 is 13.2 Å². The molecule has 0 aliphatic heterocycles. The first-order valence-electron chi connectivity index (χ1n) is 5.55. The monoisotopic (exact) mass is 415 g/mol. The van der Waals surface area contributed by atoms with Gasteiger partial charge in [0.05, 0.1) is 0 Å². The standard InChI is InChI=1S/C13H21NP.Ir/c1-10(2)15(11(3)4)13-7-5-6-12(8-13)9-14;/h5-6,8,10-11H,9,14H2,1-4H3;/q-1;. The van der Waals surface area contributed by atoms with Crippen LogP contribution in [0.3, 0.4) is 0 Å². The Bertz CT molecular complexity index is 305. The molecule has 1 rings (SSSR count). The smallest absolute Gasteiger partial charge is 0 e. The van der Waals surface area contributed by atoms with Crippen molar-refractivity contribution in [3.05, 3.63) is 29.8 Å². The minimum absolute atomic E-state index is 0. The van der Waals surface area contributed by atoms with Crippen LogP contribution in [0.2, 0.25) is 0 Å². The fourth-order valence-corrected chi connectivity index (χ4v) is 4.77. The van der Waals surface area contributed by atoms with E-state index in [9.17, 15) is 0 Å². The van der Waals surface area contributed by atoms with Crippen LogP contribution in [0, 0.1) is 6.07 Å². The first-order valence-corrected chi connectivity index (χ1v) is 7.03. The van der Waals surface area contributed by atoms with Crippen LogP contribution in [0.25, 0.3) is 0 Å². The van der Waals surface area contributed by atoms with E-state index in [1.807, 2.05) is 6.07 Å². The van der Waals surface area contributed by atoms with Gasteiger partial charge < -0.3 is 5.73 Å². The molecule has 0 saturated carbocycles. The predicted molar refractivity (Wildman–Crippen MR) is 70.0 cm³/mol. The predicted octanol–water partition coefficient (Wildman–Crippen LogP) is 2.87.